The number of amides is 1. The van der Waals surface area contributed by atoms with Crippen LogP contribution in [0.4, 0.5) is 15.8 Å². The van der Waals surface area contributed by atoms with Crippen molar-refractivity contribution >= 4 is 17.3 Å². The van der Waals surface area contributed by atoms with E-state index in [1.54, 1.807) is 31.2 Å². The van der Waals surface area contributed by atoms with Crippen LogP contribution in [-0.4, -0.2) is 37.1 Å². The van der Waals surface area contributed by atoms with E-state index in [9.17, 15) is 19.3 Å². The van der Waals surface area contributed by atoms with Gasteiger partial charge < -0.3 is 15.0 Å². The number of nitrogens with zero attached hydrogens (tertiary/aromatic N) is 2. The van der Waals surface area contributed by atoms with Crippen LogP contribution in [0.5, 0.6) is 0 Å². The van der Waals surface area contributed by atoms with Gasteiger partial charge in [-0.05, 0) is 30.7 Å². The summed E-state index contributed by atoms with van der Waals surface area (Å²) >= 11 is 0. The van der Waals surface area contributed by atoms with Gasteiger partial charge in [0.2, 0.25) is 0 Å². The van der Waals surface area contributed by atoms with Gasteiger partial charge in [0.25, 0.3) is 11.6 Å². The first-order chi connectivity index (χ1) is 13.0. The molecule has 1 aliphatic rings. The Morgan fingerprint density at radius 3 is 2.70 bits per heavy atom. The van der Waals surface area contributed by atoms with Gasteiger partial charge in [0, 0.05) is 25.2 Å². The Bertz CT molecular complexity index is 866. The molecule has 2 aromatic rings. The number of halogens is 1. The number of morpholine rings is 1. The first kappa shape index (κ1) is 18.8. The Morgan fingerprint density at radius 2 is 2.04 bits per heavy atom. The van der Waals surface area contributed by atoms with Gasteiger partial charge in [0.05, 0.1) is 23.8 Å². The second kappa shape index (κ2) is 8.13. The zero-order chi connectivity index (χ0) is 19.4. The maximum Gasteiger partial charge on any atom is 0.285 e. The first-order valence-corrected chi connectivity index (χ1v) is 8.60. The molecule has 0 atom stereocenters. The molecule has 1 N–H and O–H groups in total. The standard InChI is InChI=1S/C19H20FN3O4/c1-13-3-2-4-15(18(13)23(25)26)19(24)21-12-14-5-6-17(16(20)11-14)22-7-9-27-10-8-22/h2-6,11H,7-10,12H2,1H3,(H,21,24). The Labute approximate surface area is 155 Å². The van der Waals surface area contributed by atoms with Crippen molar-refractivity contribution in [3.05, 3.63) is 69.0 Å². The second-order valence-electron chi connectivity index (χ2n) is 6.30. The minimum absolute atomic E-state index is 0.00888. The smallest absolute Gasteiger partial charge is 0.285 e. The average Bonchev–Trinajstić information content (AvgIpc) is 2.66. The number of carbonyl (C=O) groups excluding carboxylic acids is 1. The molecule has 0 radical (unpaired) electrons. The number of rotatable bonds is 5. The number of nitro groups is 1. The van der Waals surface area contributed by atoms with Crippen LogP contribution >= 0.6 is 0 Å². The molecule has 0 saturated carbocycles. The third kappa shape index (κ3) is 4.22. The molecule has 142 valence electrons. The molecule has 8 heteroatoms. The van der Waals surface area contributed by atoms with E-state index in [1.807, 2.05) is 4.90 Å². The van der Waals surface area contributed by atoms with Crippen molar-refractivity contribution in [3.8, 4) is 0 Å². The molecule has 0 aromatic heterocycles. The van der Waals surface area contributed by atoms with Crippen LogP contribution in [0.2, 0.25) is 0 Å². The van der Waals surface area contributed by atoms with Gasteiger partial charge in [-0.15, -0.1) is 0 Å². The fraction of sp³-hybridized carbons (Fsp3) is 0.316. The number of carbonyl (C=O) groups is 1. The lowest BCUT2D eigenvalue weighted by Crippen LogP contribution is -2.36. The van der Waals surface area contributed by atoms with E-state index in [-0.39, 0.29) is 23.6 Å². The summed E-state index contributed by atoms with van der Waals surface area (Å²) in [7, 11) is 0. The van der Waals surface area contributed by atoms with Crippen molar-refractivity contribution in [3.63, 3.8) is 0 Å². The summed E-state index contributed by atoms with van der Waals surface area (Å²) in [6.07, 6.45) is 0. The molecular weight excluding hydrogens is 353 g/mol. The monoisotopic (exact) mass is 373 g/mol. The SMILES string of the molecule is Cc1cccc(C(=O)NCc2ccc(N3CCOCC3)c(F)c2)c1[N+](=O)[O-]. The topological polar surface area (TPSA) is 84.7 Å². The van der Waals surface area contributed by atoms with E-state index in [2.05, 4.69) is 5.32 Å². The highest BCUT2D eigenvalue weighted by molar-refractivity contribution is 5.98. The van der Waals surface area contributed by atoms with Gasteiger partial charge >= 0.3 is 0 Å². The van der Waals surface area contributed by atoms with Gasteiger partial charge in [-0.25, -0.2) is 4.39 Å². The molecule has 1 saturated heterocycles. The molecule has 0 aliphatic carbocycles. The molecule has 0 unspecified atom stereocenters. The summed E-state index contributed by atoms with van der Waals surface area (Å²) in [5.41, 5.74) is 1.26. The van der Waals surface area contributed by atoms with Gasteiger partial charge in [-0.2, -0.15) is 0 Å². The molecule has 1 amide bonds. The Hall–Kier alpha value is -3.00. The lowest BCUT2D eigenvalue weighted by atomic mass is 10.1. The number of hydrogen-bond acceptors (Lipinski definition) is 5. The van der Waals surface area contributed by atoms with Crippen molar-refractivity contribution in [1.82, 2.24) is 5.32 Å². The predicted octanol–water partition coefficient (Wildman–Crippen LogP) is 2.81. The quantitative estimate of drug-likeness (QED) is 0.644. The molecule has 27 heavy (non-hydrogen) atoms. The zero-order valence-electron chi connectivity index (χ0n) is 14.9. The summed E-state index contributed by atoms with van der Waals surface area (Å²) < 4.78 is 19.7. The van der Waals surface area contributed by atoms with Crippen LogP contribution in [0.1, 0.15) is 21.5 Å². The Balaban J connectivity index is 1.70. The average molecular weight is 373 g/mol. The lowest BCUT2D eigenvalue weighted by Gasteiger charge is -2.29. The molecule has 0 bridgehead atoms. The number of para-hydroxylation sites is 1. The van der Waals surface area contributed by atoms with E-state index in [1.165, 1.54) is 12.1 Å². The zero-order valence-corrected chi connectivity index (χ0v) is 14.9. The van der Waals surface area contributed by atoms with Gasteiger partial charge in [-0.1, -0.05) is 18.2 Å². The molecule has 2 aromatic carbocycles. The molecule has 1 heterocycles. The van der Waals surface area contributed by atoms with E-state index in [0.717, 1.165) is 0 Å². The Morgan fingerprint density at radius 1 is 1.30 bits per heavy atom. The van der Waals surface area contributed by atoms with Crippen molar-refractivity contribution in [2.45, 2.75) is 13.5 Å². The molecule has 3 rings (SSSR count). The molecule has 7 nitrogen and oxygen atoms in total. The number of ether oxygens (including phenoxy) is 1. The van der Waals surface area contributed by atoms with E-state index in [0.29, 0.717) is 43.1 Å². The van der Waals surface area contributed by atoms with Gasteiger partial charge in [0.1, 0.15) is 11.4 Å². The predicted molar refractivity (Wildman–Crippen MR) is 98.4 cm³/mol. The van der Waals surface area contributed by atoms with Crippen molar-refractivity contribution in [1.29, 1.82) is 0 Å². The summed E-state index contributed by atoms with van der Waals surface area (Å²) in [6, 6.07) is 9.36. The van der Waals surface area contributed by atoms with E-state index >= 15 is 0 Å². The maximum absolute atomic E-state index is 14.4. The van der Waals surface area contributed by atoms with Crippen molar-refractivity contribution in [2.75, 3.05) is 31.2 Å². The van der Waals surface area contributed by atoms with E-state index < -0.39 is 10.8 Å². The highest BCUT2D eigenvalue weighted by Gasteiger charge is 2.22. The summed E-state index contributed by atoms with van der Waals surface area (Å²) in [5, 5.41) is 13.8. The molecule has 0 spiro atoms. The number of nitrogens with one attached hydrogen (secondary N) is 1. The molecule has 1 fully saturated rings. The molecule has 1 aliphatic heterocycles. The number of hydrogen-bond donors (Lipinski definition) is 1. The van der Waals surface area contributed by atoms with Gasteiger partial charge in [0.15, 0.2) is 0 Å². The van der Waals surface area contributed by atoms with Crippen molar-refractivity contribution in [2.24, 2.45) is 0 Å². The van der Waals surface area contributed by atoms with Crippen LogP contribution < -0.4 is 10.2 Å². The normalized spacial score (nSPS) is 14.1. The lowest BCUT2D eigenvalue weighted by molar-refractivity contribution is -0.385. The number of nitro benzene ring substituents is 1. The van der Waals surface area contributed by atoms with Crippen LogP contribution in [-0.2, 0) is 11.3 Å². The van der Waals surface area contributed by atoms with E-state index in [4.69, 9.17) is 4.74 Å². The second-order valence-corrected chi connectivity index (χ2v) is 6.30. The largest absolute Gasteiger partial charge is 0.378 e. The highest BCUT2D eigenvalue weighted by Crippen LogP contribution is 2.24. The minimum Gasteiger partial charge on any atom is -0.378 e. The Kier molecular flexibility index (Phi) is 5.66. The molecular formula is C19H20FN3O4. The van der Waals surface area contributed by atoms with Crippen molar-refractivity contribution < 1.29 is 18.8 Å². The highest BCUT2D eigenvalue weighted by atomic mass is 19.1. The van der Waals surface area contributed by atoms with Gasteiger partial charge in [-0.3, -0.25) is 14.9 Å². The number of aryl methyl sites for hydroxylation is 1. The third-order valence-electron chi connectivity index (χ3n) is 4.48. The summed E-state index contributed by atoms with van der Waals surface area (Å²) in [4.78, 5) is 24.9. The maximum atomic E-state index is 14.4. The minimum atomic E-state index is -0.568. The number of benzene rings is 2. The summed E-state index contributed by atoms with van der Waals surface area (Å²) in [6.45, 7) is 4.03. The van der Waals surface area contributed by atoms with Crippen LogP contribution in [0.25, 0.3) is 0 Å². The van der Waals surface area contributed by atoms with Crippen LogP contribution in [0.3, 0.4) is 0 Å². The summed E-state index contributed by atoms with van der Waals surface area (Å²) in [5.74, 6) is -0.937. The van der Waals surface area contributed by atoms with Crippen LogP contribution in [0, 0.1) is 22.9 Å². The van der Waals surface area contributed by atoms with Crippen LogP contribution in [0.15, 0.2) is 36.4 Å². The fourth-order valence-corrected chi connectivity index (χ4v) is 3.08. The number of anilines is 1. The first-order valence-electron chi connectivity index (χ1n) is 8.60. The fourth-order valence-electron chi connectivity index (χ4n) is 3.08. The third-order valence-corrected chi connectivity index (χ3v) is 4.48.